The van der Waals surface area contributed by atoms with Gasteiger partial charge in [-0.1, -0.05) is 5.16 Å². The molecule has 2 aliphatic carbocycles. The van der Waals surface area contributed by atoms with Gasteiger partial charge in [-0.3, -0.25) is 4.79 Å². The monoisotopic (exact) mass is 250 g/mol. The van der Waals surface area contributed by atoms with E-state index in [4.69, 9.17) is 4.52 Å². The molecular weight excluding hydrogens is 232 g/mol. The Balaban J connectivity index is 1.66. The Morgan fingerprint density at radius 1 is 1.56 bits per heavy atom. The molecule has 1 heterocycles. The average molecular weight is 250 g/mol. The van der Waals surface area contributed by atoms with Gasteiger partial charge in [0.2, 0.25) is 0 Å². The molecule has 2 fully saturated rings. The second kappa shape index (κ2) is 4.39. The van der Waals surface area contributed by atoms with Crippen molar-refractivity contribution in [3.63, 3.8) is 0 Å². The Kier molecular flexibility index (Phi) is 2.86. The standard InChI is InChI=1S/C13H18N2O3/c1-7-4-10(18-15-7)6-14-12-9-3-2-8(5-9)11(12)13(16)17/h4,8-9,11-12,14H,2-3,5-6H2,1H3,(H,16,17). The molecule has 4 unspecified atom stereocenters. The number of aryl methyl sites for hydroxylation is 1. The van der Waals surface area contributed by atoms with Crippen LogP contribution in [0.4, 0.5) is 0 Å². The molecule has 2 saturated carbocycles. The van der Waals surface area contributed by atoms with Crippen LogP contribution in [0.25, 0.3) is 0 Å². The maximum absolute atomic E-state index is 11.3. The van der Waals surface area contributed by atoms with Gasteiger partial charge in [-0.25, -0.2) is 0 Å². The van der Waals surface area contributed by atoms with Crippen molar-refractivity contribution >= 4 is 5.97 Å². The first kappa shape index (κ1) is 11.7. The molecule has 2 bridgehead atoms. The molecule has 3 rings (SSSR count). The molecule has 5 nitrogen and oxygen atoms in total. The minimum atomic E-state index is -0.659. The summed E-state index contributed by atoms with van der Waals surface area (Å²) in [5.74, 6) is 0.766. The van der Waals surface area contributed by atoms with E-state index in [9.17, 15) is 9.90 Å². The van der Waals surface area contributed by atoms with E-state index in [0.29, 0.717) is 18.4 Å². The smallest absolute Gasteiger partial charge is 0.308 e. The molecule has 18 heavy (non-hydrogen) atoms. The van der Waals surface area contributed by atoms with Crippen molar-refractivity contribution in [3.05, 3.63) is 17.5 Å². The molecule has 1 aromatic rings. The molecule has 0 spiro atoms. The van der Waals surface area contributed by atoms with Crippen molar-refractivity contribution in [1.82, 2.24) is 10.5 Å². The maximum Gasteiger partial charge on any atom is 0.308 e. The maximum atomic E-state index is 11.3. The number of carboxylic acids is 1. The van der Waals surface area contributed by atoms with Crippen LogP contribution < -0.4 is 5.32 Å². The fourth-order valence-corrected chi connectivity index (χ4v) is 3.66. The van der Waals surface area contributed by atoms with Gasteiger partial charge in [0.05, 0.1) is 18.2 Å². The van der Waals surface area contributed by atoms with Crippen molar-refractivity contribution < 1.29 is 14.4 Å². The summed E-state index contributed by atoms with van der Waals surface area (Å²) in [5, 5.41) is 16.5. The zero-order valence-corrected chi connectivity index (χ0v) is 10.4. The van der Waals surface area contributed by atoms with E-state index in [1.54, 1.807) is 0 Å². The number of nitrogens with one attached hydrogen (secondary N) is 1. The summed E-state index contributed by atoms with van der Waals surface area (Å²) >= 11 is 0. The van der Waals surface area contributed by atoms with Crippen LogP contribution in [0.5, 0.6) is 0 Å². The van der Waals surface area contributed by atoms with Gasteiger partial charge in [0.25, 0.3) is 0 Å². The van der Waals surface area contributed by atoms with Crippen LogP contribution >= 0.6 is 0 Å². The number of aromatic nitrogens is 1. The Hall–Kier alpha value is -1.36. The lowest BCUT2D eigenvalue weighted by Gasteiger charge is -2.28. The van der Waals surface area contributed by atoms with Crippen LogP contribution in [0.1, 0.15) is 30.7 Å². The summed E-state index contributed by atoms with van der Waals surface area (Å²) in [4.78, 5) is 11.3. The number of carboxylic acid groups (broad SMARTS) is 1. The van der Waals surface area contributed by atoms with Gasteiger partial charge in [-0.05, 0) is 38.0 Å². The van der Waals surface area contributed by atoms with Crippen molar-refractivity contribution in [1.29, 1.82) is 0 Å². The van der Waals surface area contributed by atoms with Crippen LogP contribution in [0, 0.1) is 24.7 Å². The second-order valence-corrected chi connectivity index (χ2v) is 5.54. The quantitative estimate of drug-likeness (QED) is 0.848. The van der Waals surface area contributed by atoms with Crippen molar-refractivity contribution in [2.45, 2.75) is 38.8 Å². The van der Waals surface area contributed by atoms with E-state index >= 15 is 0 Å². The highest BCUT2D eigenvalue weighted by Crippen LogP contribution is 2.48. The van der Waals surface area contributed by atoms with Crippen LogP contribution in [0.15, 0.2) is 10.6 Å². The first-order valence-corrected chi connectivity index (χ1v) is 6.53. The predicted molar refractivity (Wildman–Crippen MR) is 63.8 cm³/mol. The van der Waals surface area contributed by atoms with Crippen LogP contribution in [0.2, 0.25) is 0 Å². The molecule has 0 aliphatic heterocycles. The van der Waals surface area contributed by atoms with Crippen molar-refractivity contribution in [3.8, 4) is 0 Å². The Bertz CT molecular complexity index is 457. The first-order valence-electron chi connectivity index (χ1n) is 6.53. The second-order valence-electron chi connectivity index (χ2n) is 5.54. The molecule has 0 aromatic carbocycles. The van der Waals surface area contributed by atoms with E-state index in [-0.39, 0.29) is 12.0 Å². The van der Waals surface area contributed by atoms with Gasteiger partial charge >= 0.3 is 5.97 Å². The van der Waals surface area contributed by atoms with Crippen molar-refractivity contribution in [2.75, 3.05) is 0 Å². The highest BCUT2D eigenvalue weighted by atomic mass is 16.5. The van der Waals surface area contributed by atoms with Crippen molar-refractivity contribution in [2.24, 2.45) is 17.8 Å². The zero-order chi connectivity index (χ0) is 12.7. The Morgan fingerprint density at radius 3 is 3.00 bits per heavy atom. The summed E-state index contributed by atoms with van der Waals surface area (Å²) in [6.45, 7) is 2.45. The highest BCUT2D eigenvalue weighted by Gasteiger charge is 2.50. The highest BCUT2D eigenvalue weighted by molar-refractivity contribution is 5.72. The van der Waals surface area contributed by atoms with Gasteiger partial charge in [-0.15, -0.1) is 0 Å². The topological polar surface area (TPSA) is 75.4 Å². The van der Waals surface area contributed by atoms with E-state index in [0.717, 1.165) is 30.7 Å². The minimum absolute atomic E-state index is 0.0895. The van der Waals surface area contributed by atoms with Gasteiger partial charge in [-0.2, -0.15) is 0 Å². The lowest BCUT2D eigenvalue weighted by molar-refractivity contribution is -0.144. The van der Waals surface area contributed by atoms with Gasteiger partial charge in [0.1, 0.15) is 0 Å². The SMILES string of the molecule is Cc1cc(CNC2C3CCC(C3)C2C(=O)O)on1. The molecule has 2 N–H and O–H groups in total. The predicted octanol–water partition coefficient (Wildman–Crippen LogP) is 1.57. The lowest BCUT2D eigenvalue weighted by Crippen LogP contribution is -2.43. The third-order valence-corrected chi connectivity index (χ3v) is 4.39. The molecule has 4 atom stereocenters. The van der Waals surface area contributed by atoms with E-state index < -0.39 is 5.97 Å². The summed E-state index contributed by atoms with van der Waals surface area (Å²) < 4.78 is 5.14. The summed E-state index contributed by atoms with van der Waals surface area (Å²) in [6.07, 6.45) is 3.28. The van der Waals surface area contributed by atoms with Crippen LogP contribution in [-0.2, 0) is 11.3 Å². The summed E-state index contributed by atoms with van der Waals surface area (Å²) in [5.41, 5.74) is 0.856. The summed E-state index contributed by atoms with van der Waals surface area (Å²) in [7, 11) is 0. The number of carbonyl (C=O) groups is 1. The molecular formula is C13H18N2O3. The number of aliphatic carboxylic acids is 1. The molecule has 0 radical (unpaired) electrons. The third kappa shape index (κ3) is 1.92. The normalized spacial score (nSPS) is 34.1. The molecule has 98 valence electrons. The number of rotatable bonds is 4. The number of hydrogen-bond acceptors (Lipinski definition) is 4. The Morgan fingerprint density at radius 2 is 2.33 bits per heavy atom. The largest absolute Gasteiger partial charge is 0.481 e. The molecule has 1 aromatic heterocycles. The fraction of sp³-hybridized carbons (Fsp3) is 0.692. The number of hydrogen-bond donors (Lipinski definition) is 2. The van der Waals surface area contributed by atoms with Gasteiger partial charge < -0.3 is 14.9 Å². The fourth-order valence-electron chi connectivity index (χ4n) is 3.66. The molecule has 0 amide bonds. The van der Waals surface area contributed by atoms with Crippen LogP contribution in [0.3, 0.4) is 0 Å². The number of nitrogens with zero attached hydrogens (tertiary/aromatic N) is 1. The van der Waals surface area contributed by atoms with E-state index in [1.165, 1.54) is 0 Å². The van der Waals surface area contributed by atoms with Gasteiger partial charge in [0, 0.05) is 12.1 Å². The van der Waals surface area contributed by atoms with Crippen LogP contribution in [-0.4, -0.2) is 22.3 Å². The zero-order valence-electron chi connectivity index (χ0n) is 10.4. The Labute approximate surface area is 106 Å². The number of fused-ring (bicyclic) bond motifs is 2. The average Bonchev–Trinajstić information content (AvgIpc) is 3.00. The molecule has 2 aliphatic rings. The van der Waals surface area contributed by atoms with Gasteiger partial charge in [0.15, 0.2) is 5.76 Å². The van der Waals surface area contributed by atoms with E-state index in [1.807, 2.05) is 13.0 Å². The lowest BCUT2D eigenvalue weighted by atomic mass is 9.84. The molecule has 0 saturated heterocycles. The summed E-state index contributed by atoms with van der Waals surface area (Å²) in [6, 6.07) is 1.97. The third-order valence-electron chi connectivity index (χ3n) is 4.39. The van der Waals surface area contributed by atoms with E-state index in [2.05, 4.69) is 10.5 Å². The minimum Gasteiger partial charge on any atom is -0.481 e. The first-order chi connectivity index (χ1) is 8.65. The molecule has 5 heteroatoms.